The number of hydrogen-bond donors (Lipinski definition) is 1. The molecule has 1 N–H and O–H groups in total. The van der Waals surface area contributed by atoms with Gasteiger partial charge >= 0.3 is 0 Å². The Morgan fingerprint density at radius 2 is 2.33 bits per heavy atom. The molecule has 2 aromatic rings. The van der Waals surface area contributed by atoms with Crippen LogP contribution in [0.3, 0.4) is 0 Å². The Morgan fingerprint density at radius 1 is 1.43 bits per heavy atom. The molecule has 0 amide bonds. The van der Waals surface area contributed by atoms with Crippen molar-refractivity contribution in [3.8, 4) is 0 Å². The SMILES string of the molecule is CC(C)c1nnc2n1C[C@H](CNCCc1cccs1)CC2. The molecule has 4 nitrogen and oxygen atoms in total. The van der Waals surface area contributed by atoms with Gasteiger partial charge < -0.3 is 9.88 Å². The van der Waals surface area contributed by atoms with Gasteiger partial charge in [0.2, 0.25) is 0 Å². The zero-order valence-corrected chi connectivity index (χ0v) is 13.7. The molecule has 0 spiro atoms. The molecule has 0 saturated heterocycles. The Labute approximate surface area is 130 Å². The molecular formula is C16H24N4S. The lowest BCUT2D eigenvalue weighted by Gasteiger charge is -2.25. The summed E-state index contributed by atoms with van der Waals surface area (Å²) in [6.45, 7) is 7.63. The lowest BCUT2D eigenvalue weighted by Crippen LogP contribution is -2.31. The first kappa shape index (κ1) is 14.7. The van der Waals surface area contributed by atoms with Gasteiger partial charge in [-0.15, -0.1) is 21.5 Å². The van der Waals surface area contributed by atoms with Gasteiger partial charge in [0.25, 0.3) is 0 Å². The molecule has 114 valence electrons. The first-order valence-electron chi connectivity index (χ1n) is 7.89. The average molecular weight is 304 g/mol. The lowest BCUT2D eigenvalue weighted by atomic mass is 9.98. The fourth-order valence-corrected chi connectivity index (χ4v) is 3.69. The second-order valence-corrected chi connectivity index (χ2v) is 7.21. The smallest absolute Gasteiger partial charge is 0.135 e. The van der Waals surface area contributed by atoms with Crippen LogP contribution in [0.4, 0.5) is 0 Å². The maximum absolute atomic E-state index is 4.36. The minimum Gasteiger partial charge on any atom is -0.316 e. The predicted octanol–water partition coefficient (Wildman–Crippen LogP) is 2.86. The van der Waals surface area contributed by atoms with E-state index in [0.29, 0.717) is 11.8 Å². The summed E-state index contributed by atoms with van der Waals surface area (Å²) in [6, 6.07) is 4.34. The maximum atomic E-state index is 4.36. The maximum Gasteiger partial charge on any atom is 0.135 e. The molecule has 0 aromatic carbocycles. The summed E-state index contributed by atoms with van der Waals surface area (Å²) < 4.78 is 2.35. The zero-order valence-electron chi connectivity index (χ0n) is 12.9. The van der Waals surface area contributed by atoms with Crippen LogP contribution in [0, 0.1) is 5.92 Å². The third kappa shape index (κ3) is 3.52. The second-order valence-electron chi connectivity index (χ2n) is 6.18. The Balaban J connectivity index is 1.48. The minimum atomic E-state index is 0.455. The fraction of sp³-hybridized carbons (Fsp3) is 0.625. The monoisotopic (exact) mass is 304 g/mol. The van der Waals surface area contributed by atoms with Gasteiger partial charge in [-0.3, -0.25) is 0 Å². The van der Waals surface area contributed by atoms with E-state index in [-0.39, 0.29) is 0 Å². The first-order valence-corrected chi connectivity index (χ1v) is 8.77. The number of fused-ring (bicyclic) bond motifs is 1. The number of hydrogen-bond acceptors (Lipinski definition) is 4. The fourth-order valence-electron chi connectivity index (χ4n) is 2.98. The molecule has 0 radical (unpaired) electrons. The van der Waals surface area contributed by atoms with Crippen molar-refractivity contribution in [1.29, 1.82) is 0 Å². The van der Waals surface area contributed by atoms with Gasteiger partial charge in [0.05, 0.1) is 0 Å². The van der Waals surface area contributed by atoms with E-state index in [1.54, 1.807) is 0 Å². The summed E-state index contributed by atoms with van der Waals surface area (Å²) in [5, 5.41) is 14.5. The molecule has 0 unspecified atom stereocenters. The van der Waals surface area contributed by atoms with Crippen LogP contribution < -0.4 is 5.32 Å². The molecule has 1 aliphatic heterocycles. The highest BCUT2D eigenvalue weighted by molar-refractivity contribution is 7.09. The molecule has 0 saturated carbocycles. The van der Waals surface area contributed by atoms with Crippen molar-refractivity contribution >= 4 is 11.3 Å². The normalized spacial score (nSPS) is 18.1. The Hall–Kier alpha value is -1.20. The van der Waals surface area contributed by atoms with E-state index < -0.39 is 0 Å². The van der Waals surface area contributed by atoms with Gasteiger partial charge in [0.15, 0.2) is 0 Å². The second kappa shape index (κ2) is 6.71. The number of rotatable bonds is 6. The predicted molar refractivity (Wildman–Crippen MR) is 86.8 cm³/mol. The van der Waals surface area contributed by atoms with Gasteiger partial charge in [0.1, 0.15) is 11.6 Å². The van der Waals surface area contributed by atoms with Gasteiger partial charge in [-0.25, -0.2) is 0 Å². The quantitative estimate of drug-likeness (QED) is 0.835. The van der Waals surface area contributed by atoms with Gasteiger partial charge in [0, 0.05) is 23.8 Å². The standard InChI is InChI=1S/C16H24N4S/c1-12(2)16-19-18-15-6-5-13(11-20(15)16)10-17-8-7-14-4-3-9-21-14/h3-4,9,12-13,17H,5-8,10-11H2,1-2H3/t13-/m0/s1. The first-order chi connectivity index (χ1) is 10.2. The van der Waals surface area contributed by atoms with Crippen molar-refractivity contribution in [3.63, 3.8) is 0 Å². The van der Waals surface area contributed by atoms with Crippen molar-refractivity contribution in [2.75, 3.05) is 13.1 Å². The van der Waals surface area contributed by atoms with Crippen LogP contribution in [-0.2, 0) is 19.4 Å². The van der Waals surface area contributed by atoms with Crippen LogP contribution in [0.2, 0.25) is 0 Å². The number of nitrogens with one attached hydrogen (secondary N) is 1. The van der Waals surface area contributed by atoms with Crippen molar-refractivity contribution in [1.82, 2.24) is 20.1 Å². The topological polar surface area (TPSA) is 42.7 Å². The minimum absolute atomic E-state index is 0.455. The third-order valence-electron chi connectivity index (χ3n) is 4.15. The van der Waals surface area contributed by atoms with E-state index in [9.17, 15) is 0 Å². The Bertz CT molecular complexity index is 559. The summed E-state index contributed by atoms with van der Waals surface area (Å²) in [5.41, 5.74) is 0. The molecular weight excluding hydrogens is 280 g/mol. The molecule has 2 aromatic heterocycles. The van der Waals surface area contributed by atoms with E-state index >= 15 is 0 Å². The Kier molecular flexibility index (Phi) is 4.70. The van der Waals surface area contributed by atoms with Crippen LogP contribution in [0.15, 0.2) is 17.5 Å². The molecule has 0 bridgehead atoms. The highest BCUT2D eigenvalue weighted by Gasteiger charge is 2.23. The van der Waals surface area contributed by atoms with Crippen LogP contribution in [0.1, 0.15) is 42.7 Å². The molecule has 5 heteroatoms. The summed E-state index contributed by atoms with van der Waals surface area (Å²) in [5.74, 6) is 3.48. The van der Waals surface area contributed by atoms with Crippen molar-refractivity contribution in [2.45, 2.75) is 45.6 Å². The third-order valence-corrected chi connectivity index (χ3v) is 5.09. The number of nitrogens with zero attached hydrogens (tertiary/aromatic N) is 3. The van der Waals surface area contributed by atoms with Crippen molar-refractivity contribution in [3.05, 3.63) is 34.0 Å². The molecule has 3 rings (SSSR count). The highest BCUT2D eigenvalue weighted by atomic mass is 32.1. The lowest BCUT2D eigenvalue weighted by molar-refractivity contribution is 0.341. The van der Waals surface area contributed by atoms with Crippen LogP contribution in [0.5, 0.6) is 0 Å². The van der Waals surface area contributed by atoms with E-state index in [4.69, 9.17) is 0 Å². The molecule has 0 aliphatic carbocycles. The van der Waals surface area contributed by atoms with Crippen LogP contribution in [0.25, 0.3) is 0 Å². The van der Waals surface area contributed by atoms with Crippen molar-refractivity contribution < 1.29 is 0 Å². The average Bonchev–Trinajstić information content (AvgIpc) is 3.12. The number of thiophene rings is 1. The van der Waals surface area contributed by atoms with Gasteiger partial charge in [-0.05, 0) is 43.3 Å². The van der Waals surface area contributed by atoms with E-state index in [2.05, 4.69) is 51.4 Å². The highest BCUT2D eigenvalue weighted by Crippen LogP contribution is 2.23. The largest absolute Gasteiger partial charge is 0.316 e. The van der Waals surface area contributed by atoms with E-state index in [1.165, 1.54) is 17.1 Å². The number of aromatic nitrogens is 3. The van der Waals surface area contributed by atoms with Crippen molar-refractivity contribution in [2.24, 2.45) is 5.92 Å². The van der Waals surface area contributed by atoms with Gasteiger partial charge in [-0.2, -0.15) is 0 Å². The van der Waals surface area contributed by atoms with Gasteiger partial charge in [-0.1, -0.05) is 19.9 Å². The van der Waals surface area contributed by atoms with E-state index in [1.807, 2.05) is 11.3 Å². The Morgan fingerprint density at radius 3 is 3.10 bits per heavy atom. The molecule has 1 atom stereocenters. The molecule has 3 heterocycles. The zero-order chi connectivity index (χ0) is 14.7. The number of aryl methyl sites for hydroxylation is 1. The van der Waals surface area contributed by atoms with E-state index in [0.717, 1.165) is 38.3 Å². The molecule has 21 heavy (non-hydrogen) atoms. The molecule has 0 fully saturated rings. The summed E-state index contributed by atoms with van der Waals surface area (Å²) in [6.07, 6.45) is 3.43. The summed E-state index contributed by atoms with van der Waals surface area (Å²) >= 11 is 1.85. The summed E-state index contributed by atoms with van der Waals surface area (Å²) in [7, 11) is 0. The molecule has 1 aliphatic rings. The van der Waals surface area contributed by atoms with Crippen LogP contribution in [-0.4, -0.2) is 27.9 Å². The van der Waals surface area contributed by atoms with Crippen LogP contribution >= 0.6 is 11.3 Å². The summed E-state index contributed by atoms with van der Waals surface area (Å²) in [4.78, 5) is 1.47.